The predicted molar refractivity (Wildman–Crippen MR) is 127 cm³/mol. The maximum atomic E-state index is 11.0. The van der Waals surface area contributed by atoms with E-state index in [2.05, 4.69) is 27.2 Å². The molecule has 1 aromatic heterocycles. The van der Waals surface area contributed by atoms with Crippen LogP contribution in [0.15, 0.2) is 53.1 Å². The standard InChI is InChI=1S/C26H28ClN3O4/c1-2-33-22(13-26(11-12-26)20-7-9-21(27)10-8-20)24-28-23(29-34-24)18-5-3-17(4-6-18)14-30-15-19(16-30)25(31)32/h3-10,19,22H,2,11-16H2,1H3,(H,31,32). The van der Waals surface area contributed by atoms with Crippen LogP contribution >= 0.6 is 11.6 Å². The SMILES string of the molecule is CCOC(CC1(c2ccc(Cl)cc2)CC1)c1nc(-c2ccc(CN3CC(C(=O)O)C3)cc2)no1. The Hall–Kier alpha value is -2.74. The van der Waals surface area contributed by atoms with E-state index in [0.717, 1.165) is 42.0 Å². The van der Waals surface area contributed by atoms with E-state index in [9.17, 15) is 4.79 Å². The van der Waals surface area contributed by atoms with Crippen LogP contribution in [-0.2, 0) is 21.5 Å². The van der Waals surface area contributed by atoms with Crippen LogP contribution in [0.2, 0.25) is 5.02 Å². The Kier molecular flexibility index (Phi) is 6.42. The first-order valence-electron chi connectivity index (χ1n) is 11.7. The van der Waals surface area contributed by atoms with Crippen LogP contribution in [0, 0.1) is 5.92 Å². The van der Waals surface area contributed by atoms with Crippen LogP contribution in [0.25, 0.3) is 11.4 Å². The molecule has 0 radical (unpaired) electrons. The van der Waals surface area contributed by atoms with Gasteiger partial charge in [0.2, 0.25) is 5.82 Å². The number of hydrogen-bond donors (Lipinski definition) is 1. The number of likely N-dealkylation sites (tertiary alicyclic amines) is 1. The number of carbonyl (C=O) groups is 1. The van der Waals surface area contributed by atoms with Gasteiger partial charge in [-0.3, -0.25) is 9.69 Å². The second kappa shape index (κ2) is 9.49. The van der Waals surface area contributed by atoms with E-state index in [1.54, 1.807) is 0 Å². The van der Waals surface area contributed by atoms with Crippen molar-refractivity contribution in [3.63, 3.8) is 0 Å². The molecule has 1 saturated carbocycles. The highest BCUT2D eigenvalue weighted by Gasteiger charge is 2.47. The number of carboxylic acids is 1. The molecule has 0 spiro atoms. The number of carboxylic acid groups (broad SMARTS) is 1. The highest BCUT2D eigenvalue weighted by atomic mass is 35.5. The third-order valence-corrected chi connectivity index (χ3v) is 7.15. The van der Waals surface area contributed by atoms with Crippen LogP contribution in [-0.4, -0.2) is 45.8 Å². The molecule has 3 aromatic rings. The maximum Gasteiger partial charge on any atom is 0.309 e. The molecule has 0 bridgehead atoms. The van der Waals surface area contributed by atoms with Gasteiger partial charge in [0, 0.05) is 36.8 Å². The van der Waals surface area contributed by atoms with Crippen molar-refractivity contribution in [3.05, 3.63) is 70.6 Å². The number of benzene rings is 2. The molecule has 1 aliphatic heterocycles. The molecule has 1 unspecified atom stereocenters. The molecule has 178 valence electrons. The zero-order valence-electron chi connectivity index (χ0n) is 19.1. The Morgan fingerprint density at radius 1 is 1.21 bits per heavy atom. The number of ether oxygens (including phenoxy) is 1. The third-order valence-electron chi connectivity index (χ3n) is 6.90. The number of aromatic nitrogens is 2. The Bertz CT molecular complexity index is 1140. The monoisotopic (exact) mass is 481 g/mol. The molecule has 1 N–H and O–H groups in total. The van der Waals surface area contributed by atoms with E-state index in [0.29, 0.717) is 31.4 Å². The molecule has 2 fully saturated rings. The van der Waals surface area contributed by atoms with Crippen LogP contribution < -0.4 is 0 Å². The fraction of sp³-hybridized carbons (Fsp3) is 0.423. The minimum atomic E-state index is -0.717. The van der Waals surface area contributed by atoms with Gasteiger partial charge in [-0.1, -0.05) is 53.2 Å². The number of aliphatic carboxylic acids is 1. The summed E-state index contributed by atoms with van der Waals surface area (Å²) in [7, 11) is 0. The summed E-state index contributed by atoms with van der Waals surface area (Å²) >= 11 is 6.07. The lowest BCUT2D eigenvalue weighted by Gasteiger charge is -2.36. The van der Waals surface area contributed by atoms with Gasteiger partial charge in [-0.15, -0.1) is 0 Å². The molecule has 1 aliphatic carbocycles. The fourth-order valence-corrected chi connectivity index (χ4v) is 4.82. The van der Waals surface area contributed by atoms with Crippen molar-refractivity contribution in [2.75, 3.05) is 19.7 Å². The highest BCUT2D eigenvalue weighted by molar-refractivity contribution is 6.30. The number of rotatable bonds is 10. The predicted octanol–water partition coefficient (Wildman–Crippen LogP) is 5.11. The number of halogens is 1. The smallest absolute Gasteiger partial charge is 0.309 e. The second-order valence-electron chi connectivity index (χ2n) is 9.32. The summed E-state index contributed by atoms with van der Waals surface area (Å²) in [5, 5.41) is 14.0. The second-order valence-corrected chi connectivity index (χ2v) is 9.75. The third kappa shape index (κ3) is 4.87. The van der Waals surface area contributed by atoms with Crippen molar-refractivity contribution in [2.45, 2.75) is 44.2 Å². The molecule has 8 heteroatoms. The largest absolute Gasteiger partial charge is 0.481 e. The molecule has 34 heavy (non-hydrogen) atoms. The van der Waals surface area contributed by atoms with E-state index in [4.69, 9.17) is 26.0 Å². The lowest BCUT2D eigenvalue weighted by Crippen LogP contribution is -2.49. The summed E-state index contributed by atoms with van der Waals surface area (Å²) in [6.07, 6.45) is 2.73. The Morgan fingerprint density at radius 3 is 2.53 bits per heavy atom. The van der Waals surface area contributed by atoms with Gasteiger partial charge in [0.05, 0.1) is 5.92 Å². The van der Waals surface area contributed by atoms with Gasteiger partial charge in [-0.25, -0.2) is 0 Å². The fourth-order valence-electron chi connectivity index (χ4n) is 4.69. The molecular formula is C26H28ClN3O4. The summed E-state index contributed by atoms with van der Waals surface area (Å²) < 4.78 is 11.7. The van der Waals surface area contributed by atoms with E-state index >= 15 is 0 Å². The van der Waals surface area contributed by atoms with Crippen LogP contribution in [0.4, 0.5) is 0 Å². The molecule has 1 atom stereocenters. The minimum absolute atomic E-state index is 0.0667. The maximum absolute atomic E-state index is 11.0. The highest BCUT2D eigenvalue weighted by Crippen LogP contribution is 2.54. The van der Waals surface area contributed by atoms with Gasteiger partial charge in [0.1, 0.15) is 6.10 Å². The average Bonchev–Trinajstić information content (AvgIpc) is 3.41. The first kappa shape index (κ1) is 23.0. The Balaban J connectivity index is 1.25. The van der Waals surface area contributed by atoms with Gasteiger partial charge in [-0.05, 0) is 54.9 Å². The van der Waals surface area contributed by atoms with E-state index < -0.39 is 5.97 Å². The van der Waals surface area contributed by atoms with Crippen molar-refractivity contribution >= 4 is 17.6 Å². The van der Waals surface area contributed by atoms with Gasteiger partial charge in [0.15, 0.2) is 0 Å². The van der Waals surface area contributed by atoms with Gasteiger partial charge < -0.3 is 14.4 Å². The minimum Gasteiger partial charge on any atom is -0.481 e. The molecule has 2 heterocycles. The zero-order chi connectivity index (χ0) is 23.7. The van der Waals surface area contributed by atoms with Crippen molar-refractivity contribution in [1.29, 1.82) is 0 Å². The van der Waals surface area contributed by atoms with E-state index in [1.807, 2.05) is 43.3 Å². The summed E-state index contributed by atoms with van der Waals surface area (Å²) in [5.74, 6) is 0.0781. The average molecular weight is 482 g/mol. The summed E-state index contributed by atoms with van der Waals surface area (Å²) in [4.78, 5) is 17.8. The van der Waals surface area contributed by atoms with Crippen molar-refractivity contribution in [3.8, 4) is 11.4 Å². The van der Waals surface area contributed by atoms with Gasteiger partial charge >= 0.3 is 5.97 Å². The normalized spacial score (nSPS) is 18.4. The summed E-state index contributed by atoms with van der Waals surface area (Å²) in [6.45, 7) is 4.47. The van der Waals surface area contributed by atoms with Crippen molar-refractivity contribution in [2.24, 2.45) is 5.92 Å². The first-order valence-corrected chi connectivity index (χ1v) is 12.1. The van der Waals surface area contributed by atoms with Crippen molar-refractivity contribution < 1.29 is 19.2 Å². The molecule has 7 nitrogen and oxygen atoms in total. The molecular weight excluding hydrogens is 454 g/mol. The van der Waals surface area contributed by atoms with Gasteiger partial charge in [0.25, 0.3) is 5.89 Å². The van der Waals surface area contributed by atoms with Crippen molar-refractivity contribution in [1.82, 2.24) is 15.0 Å². The van der Waals surface area contributed by atoms with Gasteiger partial charge in [-0.2, -0.15) is 4.98 Å². The summed E-state index contributed by atoms with van der Waals surface area (Å²) in [6, 6.07) is 16.1. The Morgan fingerprint density at radius 2 is 1.91 bits per heavy atom. The van der Waals surface area contributed by atoms with E-state index in [-0.39, 0.29) is 17.4 Å². The van der Waals surface area contributed by atoms with E-state index in [1.165, 1.54) is 5.56 Å². The molecule has 2 aromatic carbocycles. The molecule has 0 amide bonds. The van der Waals surface area contributed by atoms with Crippen LogP contribution in [0.1, 0.15) is 49.3 Å². The first-order chi connectivity index (χ1) is 16.5. The quantitative estimate of drug-likeness (QED) is 0.430. The van der Waals surface area contributed by atoms with Crippen LogP contribution in [0.5, 0.6) is 0 Å². The molecule has 5 rings (SSSR count). The lowest BCUT2D eigenvalue weighted by molar-refractivity contribution is -0.147. The van der Waals surface area contributed by atoms with Crippen LogP contribution in [0.3, 0.4) is 0 Å². The number of hydrogen-bond acceptors (Lipinski definition) is 6. The summed E-state index contributed by atoms with van der Waals surface area (Å²) in [5.41, 5.74) is 3.34. The topological polar surface area (TPSA) is 88.7 Å². The molecule has 2 aliphatic rings. The number of nitrogens with zero attached hydrogens (tertiary/aromatic N) is 3. The Labute approximate surface area is 203 Å². The zero-order valence-corrected chi connectivity index (χ0v) is 19.9. The lowest BCUT2D eigenvalue weighted by atomic mass is 9.90. The molecule has 1 saturated heterocycles.